The molecule has 3 fully saturated rings. The highest BCUT2D eigenvalue weighted by Gasteiger charge is 2.62. The van der Waals surface area contributed by atoms with E-state index in [2.05, 4.69) is 0 Å². The van der Waals surface area contributed by atoms with Gasteiger partial charge >= 0.3 is 5.97 Å². The molecule has 1 saturated heterocycles. The third-order valence-corrected chi connectivity index (χ3v) is 5.25. The van der Waals surface area contributed by atoms with Gasteiger partial charge in [-0.1, -0.05) is 6.92 Å². The molecule has 18 heavy (non-hydrogen) atoms. The second-order valence-electron chi connectivity index (χ2n) is 6.66. The van der Waals surface area contributed by atoms with Crippen LogP contribution in [0.5, 0.6) is 0 Å². The van der Waals surface area contributed by atoms with Crippen molar-refractivity contribution in [3.8, 4) is 0 Å². The van der Waals surface area contributed by atoms with E-state index in [-0.39, 0.29) is 24.1 Å². The van der Waals surface area contributed by atoms with Gasteiger partial charge in [0.2, 0.25) is 0 Å². The zero-order valence-electron chi connectivity index (χ0n) is 11.3. The zero-order valence-corrected chi connectivity index (χ0v) is 11.3. The van der Waals surface area contributed by atoms with Crippen LogP contribution in [-0.2, 0) is 14.3 Å². The lowest BCUT2D eigenvalue weighted by Gasteiger charge is -2.30. The van der Waals surface area contributed by atoms with Crippen molar-refractivity contribution in [3.63, 3.8) is 0 Å². The first-order valence-electron chi connectivity index (χ1n) is 6.98. The van der Waals surface area contributed by atoms with Crippen LogP contribution in [0, 0.1) is 23.2 Å². The highest BCUT2D eigenvalue weighted by Crippen LogP contribution is 2.57. The Balaban J connectivity index is 1.71. The number of rotatable bonds is 3. The molecule has 0 radical (unpaired) electrons. The molecule has 4 heteroatoms. The molecule has 2 aliphatic carbocycles. The average Bonchev–Trinajstić information content (AvgIpc) is 2.93. The van der Waals surface area contributed by atoms with Crippen molar-refractivity contribution in [2.24, 2.45) is 23.2 Å². The van der Waals surface area contributed by atoms with Gasteiger partial charge in [-0.3, -0.25) is 4.79 Å². The molecule has 0 aromatic carbocycles. The lowest BCUT2D eigenvalue weighted by atomic mass is 9.86. The summed E-state index contributed by atoms with van der Waals surface area (Å²) >= 11 is 0. The monoisotopic (exact) mass is 254 g/mol. The number of fused-ring (bicyclic) bond motifs is 1. The van der Waals surface area contributed by atoms with Crippen LogP contribution in [0.3, 0.4) is 0 Å². The van der Waals surface area contributed by atoms with Crippen LogP contribution in [0.1, 0.15) is 40.0 Å². The molecular weight excluding hydrogens is 232 g/mol. The Labute approximate surface area is 108 Å². The predicted octanol–water partition coefficient (Wildman–Crippen LogP) is 1.71. The summed E-state index contributed by atoms with van der Waals surface area (Å²) in [6, 6.07) is 0. The molecule has 2 saturated carbocycles. The summed E-state index contributed by atoms with van der Waals surface area (Å²) in [5.74, 6) is 0.921. The lowest BCUT2D eigenvalue weighted by molar-refractivity contribution is -0.174. The Kier molecular flexibility index (Phi) is 2.72. The van der Waals surface area contributed by atoms with Gasteiger partial charge in [-0.2, -0.15) is 0 Å². The summed E-state index contributed by atoms with van der Waals surface area (Å²) < 4.78 is 11.3. The van der Waals surface area contributed by atoms with E-state index in [9.17, 15) is 9.90 Å². The van der Waals surface area contributed by atoms with Crippen molar-refractivity contribution >= 4 is 5.97 Å². The number of carbonyl (C=O) groups excluding carboxylic acids is 1. The smallest absolute Gasteiger partial charge is 0.311 e. The second kappa shape index (κ2) is 3.94. The van der Waals surface area contributed by atoms with Crippen LogP contribution in [0.4, 0.5) is 0 Å². The van der Waals surface area contributed by atoms with Crippen LogP contribution >= 0.6 is 0 Å². The molecule has 2 bridgehead atoms. The molecule has 1 heterocycles. The van der Waals surface area contributed by atoms with Crippen LogP contribution in [0.2, 0.25) is 0 Å². The van der Waals surface area contributed by atoms with Gasteiger partial charge in [-0.15, -0.1) is 0 Å². The van der Waals surface area contributed by atoms with Crippen molar-refractivity contribution < 1.29 is 19.4 Å². The Bertz CT molecular complexity index is 365. The summed E-state index contributed by atoms with van der Waals surface area (Å²) in [6.45, 7) is 5.82. The standard InChI is InChI=1S/C14H22O4/c1-4-14(2,3)13(16)18-10-7-5-8-9(6-7)12(15)17-11(8)10/h7-12,15H,4-6H2,1-3H3/t7?,8?,9?,10?,11?,12-/m0/s1. The fourth-order valence-corrected chi connectivity index (χ4v) is 3.66. The number of aliphatic hydroxyl groups is 1. The molecule has 0 spiro atoms. The van der Waals surface area contributed by atoms with Crippen molar-refractivity contribution in [3.05, 3.63) is 0 Å². The molecule has 102 valence electrons. The zero-order chi connectivity index (χ0) is 13.1. The minimum absolute atomic E-state index is 0.0691. The first kappa shape index (κ1) is 12.4. The fourth-order valence-electron chi connectivity index (χ4n) is 3.66. The third-order valence-electron chi connectivity index (χ3n) is 5.25. The number of esters is 1. The van der Waals surface area contributed by atoms with E-state index >= 15 is 0 Å². The molecule has 0 amide bonds. The Morgan fingerprint density at radius 3 is 2.72 bits per heavy atom. The number of aliphatic hydroxyl groups excluding tert-OH is 1. The van der Waals surface area contributed by atoms with Gasteiger partial charge in [0, 0.05) is 5.92 Å². The van der Waals surface area contributed by atoms with E-state index in [4.69, 9.17) is 9.47 Å². The summed E-state index contributed by atoms with van der Waals surface area (Å²) in [5, 5.41) is 9.79. The Hall–Kier alpha value is -0.610. The first-order valence-corrected chi connectivity index (χ1v) is 6.98. The molecule has 3 aliphatic rings. The highest BCUT2D eigenvalue weighted by molar-refractivity contribution is 5.76. The topological polar surface area (TPSA) is 55.8 Å². The molecule has 4 nitrogen and oxygen atoms in total. The molecule has 3 rings (SSSR count). The molecule has 6 atom stereocenters. The average molecular weight is 254 g/mol. The van der Waals surface area contributed by atoms with Crippen LogP contribution in [-0.4, -0.2) is 29.6 Å². The molecule has 0 aromatic heterocycles. The minimum atomic E-state index is -0.645. The van der Waals surface area contributed by atoms with Gasteiger partial charge in [0.05, 0.1) is 5.41 Å². The number of ether oxygens (including phenoxy) is 2. The summed E-state index contributed by atoms with van der Waals surface area (Å²) in [4.78, 5) is 12.1. The molecule has 5 unspecified atom stereocenters. The van der Waals surface area contributed by atoms with Gasteiger partial charge in [0.1, 0.15) is 12.2 Å². The molecule has 1 N–H and O–H groups in total. The van der Waals surface area contributed by atoms with E-state index in [0.717, 1.165) is 19.3 Å². The Morgan fingerprint density at radius 1 is 1.39 bits per heavy atom. The van der Waals surface area contributed by atoms with Crippen molar-refractivity contribution in [2.75, 3.05) is 0 Å². The quantitative estimate of drug-likeness (QED) is 0.779. The van der Waals surface area contributed by atoms with Crippen LogP contribution < -0.4 is 0 Å². The summed E-state index contributed by atoms with van der Waals surface area (Å²) in [5.41, 5.74) is -0.432. The first-order chi connectivity index (χ1) is 8.44. The van der Waals surface area contributed by atoms with Gasteiger partial charge in [-0.25, -0.2) is 0 Å². The maximum absolute atomic E-state index is 12.1. The summed E-state index contributed by atoms with van der Waals surface area (Å²) in [7, 11) is 0. The van der Waals surface area contributed by atoms with E-state index in [1.165, 1.54) is 0 Å². The van der Waals surface area contributed by atoms with Gasteiger partial charge in [0.15, 0.2) is 6.29 Å². The Morgan fingerprint density at radius 2 is 2.06 bits per heavy atom. The highest BCUT2D eigenvalue weighted by atomic mass is 16.6. The van der Waals surface area contributed by atoms with E-state index < -0.39 is 11.7 Å². The third kappa shape index (κ3) is 1.62. The molecular formula is C14H22O4. The van der Waals surface area contributed by atoms with Crippen molar-refractivity contribution in [1.29, 1.82) is 0 Å². The second-order valence-corrected chi connectivity index (χ2v) is 6.66. The fraction of sp³-hybridized carbons (Fsp3) is 0.929. The normalized spacial score (nSPS) is 45.6. The van der Waals surface area contributed by atoms with Crippen LogP contribution in [0.15, 0.2) is 0 Å². The van der Waals surface area contributed by atoms with Gasteiger partial charge < -0.3 is 14.6 Å². The number of hydrogen-bond donors (Lipinski definition) is 1. The largest absolute Gasteiger partial charge is 0.459 e. The van der Waals surface area contributed by atoms with Gasteiger partial charge in [0.25, 0.3) is 0 Å². The summed E-state index contributed by atoms with van der Waals surface area (Å²) in [6.07, 6.45) is 1.89. The molecule has 1 aliphatic heterocycles. The molecule has 0 aromatic rings. The van der Waals surface area contributed by atoms with Crippen LogP contribution in [0.25, 0.3) is 0 Å². The van der Waals surface area contributed by atoms with Crippen molar-refractivity contribution in [2.45, 2.75) is 58.5 Å². The van der Waals surface area contributed by atoms with Crippen molar-refractivity contribution in [1.82, 2.24) is 0 Å². The number of carbonyl (C=O) groups is 1. The maximum Gasteiger partial charge on any atom is 0.311 e. The maximum atomic E-state index is 12.1. The minimum Gasteiger partial charge on any atom is -0.459 e. The SMILES string of the molecule is CCC(C)(C)C(=O)OC1C2CC3C1O[C@H](O)C3C2. The number of hydrogen-bond acceptors (Lipinski definition) is 4. The van der Waals surface area contributed by atoms with E-state index in [1.807, 2.05) is 20.8 Å². The lowest BCUT2D eigenvalue weighted by Crippen LogP contribution is -2.39. The van der Waals surface area contributed by atoms with E-state index in [0.29, 0.717) is 11.8 Å². The predicted molar refractivity (Wildman–Crippen MR) is 64.5 cm³/mol. The van der Waals surface area contributed by atoms with E-state index in [1.54, 1.807) is 0 Å². The van der Waals surface area contributed by atoms with Gasteiger partial charge in [-0.05, 0) is 44.9 Å².